The van der Waals surface area contributed by atoms with E-state index in [2.05, 4.69) is 19.2 Å². The molecule has 1 aromatic heterocycles. The van der Waals surface area contributed by atoms with E-state index >= 15 is 0 Å². The van der Waals surface area contributed by atoms with E-state index in [-0.39, 0.29) is 23.9 Å². The van der Waals surface area contributed by atoms with Crippen LogP contribution < -0.4 is 10.2 Å². The Kier molecular flexibility index (Phi) is 5.54. The van der Waals surface area contributed by atoms with Gasteiger partial charge in [-0.15, -0.1) is 0 Å². The Morgan fingerprint density at radius 3 is 2.53 bits per heavy atom. The van der Waals surface area contributed by atoms with Crippen molar-refractivity contribution in [2.45, 2.75) is 46.4 Å². The van der Waals surface area contributed by atoms with Crippen LogP contribution in [0.4, 0.5) is 5.69 Å². The van der Waals surface area contributed by atoms with Gasteiger partial charge < -0.3 is 24.5 Å². The van der Waals surface area contributed by atoms with Gasteiger partial charge in [0, 0.05) is 11.1 Å². The average molecular weight is 410 g/mol. The van der Waals surface area contributed by atoms with Crippen LogP contribution in [0.15, 0.2) is 40.8 Å². The minimum absolute atomic E-state index is 0.153. The number of anilines is 1. The minimum atomic E-state index is -0.230. The van der Waals surface area contributed by atoms with E-state index in [9.17, 15) is 9.90 Å². The highest BCUT2D eigenvalue weighted by Crippen LogP contribution is 2.34. The summed E-state index contributed by atoms with van der Waals surface area (Å²) >= 11 is 0. The lowest BCUT2D eigenvalue weighted by molar-refractivity contribution is -0.928. The number of ether oxygens (including phenoxy) is 1. The molecule has 4 rings (SSSR count). The SMILES string of the molecule is Cc1ccccc1NC(=O)c1c(C)oc2ccc(O)c(C[NH+]3C[C@H](C)O[C@@H](C)C3)c12. The molecule has 0 spiro atoms. The van der Waals surface area contributed by atoms with E-state index in [4.69, 9.17) is 9.15 Å². The summed E-state index contributed by atoms with van der Waals surface area (Å²) in [7, 11) is 0. The number of rotatable bonds is 4. The Morgan fingerprint density at radius 1 is 1.13 bits per heavy atom. The third kappa shape index (κ3) is 3.93. The van der Waals surface area contributed by atoms with Gasteiger partial charge in [-0.05, 0) is 51.5 Å². The molecular weight excluding hydrogens is 380 g/mol. The van der Waals surface area contributed by atoms with Crippen LogP contribution in [0.1, 0.15) is 41.1 Å². The number of para-hydroxylation sites is 1. The summed E-state index contributed by atoms with van der Waals surface area (Å²) in [5.74, 6) is 0.500. The normalized spacial score (nSPS) is 21.7. The summed E-state index contributed by atoms with van der Waals surface area (Å²) in [6.07, 6.45) is 0.306. The van der Waals surface area contributed by atoms with E-state index in [1.54, 1.807) is 19.1 Å². The van der Waals surface area contributed by atoms with E-state index < -0.39 is 0 Å². The molecular formula is C24H29N2O4+. The lowest BCUT2D eigenvalue weighted by Gasteiger charge is -2.32. The van der Waals surface area contributed by atoms with Crippen molar-refractivity contribution < 1.29 is 24.0 Å². The number of quaternary nitrogens is 1. The van der Waals surface area contributed by atoms with Crippen LogP contribution in [0.2, 0.25) is 0 Å². The van der Waals surface area contributed by atoms with Crippen molar-refractivity contribution in [3.63, 3.8) is 0 Å². The van der Waals surface area contributed by atoms with Crippen molar-refractivity contribution in [1.82, 2.24) is 0 Å². The third-order valence-electron chi connectivity index (χ3n) is 5.78. The number of carbonyl (C=O) groups is 1. The molecule has 0 bridgehead atoms. The highest BCUT2D eigenvalue weighted by molar-refractivity contribution is 6.14. The first-order valence-electron chi connectivity index (χ1n) is 10.4. The molecule has 1 aliphatic rings. The second-order valence-electron chi connectivity index (χ2n) is 8.33. The van der Waals surface area contributed by atoms with Crippen molar-refractivity contribution in [2.75, 3.05) is 18.4 Å². The molecule has 0 saturated carbocycles. The fraction of sp³-hybridized carbons (Fsp3) is 0.375. The number of nitrogens with one attached hydrogen (secondary N) is 2. The van der Waals surface area contributed by atoms with Crippen molar-refractivity contribution >= 4 is 22.6 Å². The zero-order valence-corrected chi connectivity index (χ0v) is 17.9. The molecule has 3 aromatic rings. The van der Waals surface area contributed by atoms with Gasteiger partial charge in [-0.2, -0.15) is 0 Å². The van der Waals surface area contributed by atoms with Crippen molar-refractivity contribution in [1.29, 1.82) is 0 Å². The number of phenols is 1. The van der Waals surface area contributed by atoms with Crippen LogP contribution in [0.25, 0.3) is 11.0 Å². The lowest BCUT2D eigenvalue weighted by atomic mass is 10.0. The lowest BCUT2D eigenvalue weighted by Crippen LogP contribution is -3.14. The highest BCUT2D eigenvalue weighted by atomic mass is 16.5. The van der Waals surface area contributed by atoms with Gasteiger partial charge in [0.05, 0.1) is 11.1 Å². The van der Waals surface area contributed by atoms with Gasteiger partial charge in [-0.3, -0.25) is 4.79 Å². The molecule has 2 heterocycles. The molecule has 2 aromatic carbocycles. The molecule has 0 unspecified atom stereocenters. The topological polar surface area (TPSA) is 76.1 Å². The first kappa shape index (κ1) is 20.4. The smallest absolute Gasteiger partial charge is 0.259 e. The first-order valence-corrected chi connectivity index (χ1v) is 10.4. The van der Waals surface area contributed by atoms with Crippen molar-refractivity contribution in [2.24, 2.45) is 0 Å². The van der Waals surface area contributed by atoms with Gasteiger partial charge in [0.1, 0.15) is 48.9 Å². The Hall–Kier alpha value is -2.83. The molecule has 6 nitrogen and oxygen atoms in total. The predicted octanol–water partition coefficient (Wildman–Crippen LogP) is 3.20. The number of fused-ring (bicyclic) bond motifs is 1. The Morgan fingerprint density at radius 2 is 1.83 bits per heavy atom. The van der Waals surface area contributed by atoms with Gasteiger partial charge in [-0.25, -0.2) is 0 Å². The van der Waals surface area contributed by atoms with Gasteiger partial charge in [0.2, 0.25) is 0 Å². The monoisotopic (exact) mass is 409 g/mol. The molecule has 0 aliphatic carbocycles. The quantitative estimate of drug-likeness (QED) is 0.619. The zero-order valence-electron chi connectivity index (χ0n) is 17.9. The second-order valence-corrected chi connectivity index (χ2v) is 8.33. The number of morpholine rings is 1. The van der Waals surface area contributed by atoms with E-state index in [1.807, 2.05) is 31.2 Å². The summed E-state index contributed by atoms with van der Waals surface area (Å²) in [6, 6.07) is 11.0. The summed E-state index contributed by atoms with van der Waals surface area (Å²) in [5, 5.41) is 14.4. The molecule has 1 amide bonds. The van der Waals surface area contributed by atoms with Gasteiger partial charge >= 0.3 is 0 Å². The van der Waals surface area contributed by atoms with Gasteiger partial charge in [0.25, 0.3) is 5.91 Å². The molecule has 2 atom stereocenters. The molecule has 3 N–H and O–H groups in total. The summed E-state index contributed by atoms with van der Waals surface area (Å²) in [4.78, 5) is 14.6. The summed E-state index contributed by atoms with van der Waals surface area (Å²) in [5.41, 5.74) is 3.59. The molecule has 30 heavy (non-hydrogen) atoms. The van der Waals surface area contributed by atoms with Crippen molar-refractivity contribution in [3.8, 4) is 5.75 Å². The molecule has 1 fully saturated rings. The van der Waals surface area contributed by atoms with Crippen LogP contribution in [-0.2, 0) is 11.3 Å². The maximum absolute atomic E-state index is 13.2. The number of amides is 1. The van der Waals surface area contributed by atoms with Crippen LogP contribution in [0, 0.1) is 13.8 Å². The second kappa shape index (κ2) is 8.13. The van der Waals surface area contributed by atoms with Crippen LogP contribution in [-0.4, -0.2) is 36.3 Å². The van der Waals surface area contributed by atoms with Crippen LogP contribution in [0.3, 0.4) is 0 Å². The fourth-order valence-corrected chi connectivity index (χ4v) is 4.50. The van der Waals surface area contributed by atoms with E-state index in [0.29, 0.717) is 28.8 Å². The zero-order chi connectivity index (χ0) is 21.4. The Balaban J connectivity index is 1.73. The van der Waals surface area contributed by atoms with Gasteiger partial charge in [-0.1, -0.05) is 18.2 Å². The van der Waals surface area contributed by atoms with E-state index in [0.717, 1.165) is 29.9 Å². The molecule has 0 radical (unpaired) electrons. The summed E-state index contributed by atoms with van der Waals surface area (Å²) < 4.78 is 11.8. The number of aryl methyl sites for hydroxylation is 2. The number of aromatic hydroxyl groups is 1. The highest BCUT2D eigenvalue weighted by Gasteiger charge is 2.29. The van der Waals surface area contributed by atoms with Crippen LogP contribution >= 0.6 is 0 Å². The predicted molar refractivity (Wildman–Crippen MR) is 116 cm³/mol. The number of hydrogen-bond donors (Lipinski definition) is 3. The largest absolute Gasteiger partial charge is 0.507 e. The fourth-order valence-electron chi connectivity index (χ4n) is 4.50. The maximum atomic E-state index is 13.2. The van der Waals surface area contributed by atoms with Crippen molar-refractivity contribution in [3.05, 3.63) is 58.8 Å². The minimum Gasteiger partial charge on any atom is -0.507 e. The molecule has 1 aliphatic heterocycles. The Labute approximate surface area is 176 Å². The number of hydrogen-bond acceptors (Lipinski definition) is 4. The number of furan rings is 1. The molecule has 158 valence electrons. The Bertz CT molecular complexity index is 1080. The average Bonchev–Trinajstić information content (AvgIpc) is 3.01. The van der Waals surface area contributed by atoms with E-state index in [1.165, 1.54) is 4.90 Å². The third-order valence-corrected chi connectivity index (χ3v) is 5.78. The standard InChI is InChI=1S/C24H28N2O4/c1-14-7-5-6-8-19(14)25-24(28)22-17(4)30-21-10-9-20(27)18(23(21)22)13-26-11-15(2)29-16(3)12-26/h5-10,15-16,27H,11-13H2,1-4H3,(H,25,28)/p+1/t15-,16-/m0/s1. The maximum Gasteiger partial charge on any atom is 0.259 e. The number of phenolic OH excluding ortho intramolecular Hbond substituents is 1. The molecule has 6 heteroatoms. The molecule has 1 saturated heterocycles. The number of carbonyl (C=O) groups excluding carboxylic acids is 1. The summed E-state index contributed by atoms with van der Waals surface area (Å²) in [6.45, 7) is 10.2. The number of benzene rings is 2. The van der Waals surface area contributed by atoms with Gasteiger partial charge in [0.15, 0.2) is 0 Å². The van der Waals surface area contributed by atoms with Crippen LogP contribution in [0.5, 0.6) is 5.75 Å². The first-order chi connectivity index (χ1) is 14.3.